The predicted molar refractivity (Wildman–Crippen MR) is 106 cm³/mol. The Hall–Kier alpha value is -3.60. The number of hydrogen-bond acceptors (Lipinski definition) is 4. The number of carbonyl (C=O) groups is 1. The number of aryl methyl sites for hydroxylation is 1. The van der Waals surface area contributed by atoms with Crippen LogP contribution in [0.3, 0.4) is 0 Å². The van der Waals surface area contributed by atoms with E-state index in [0.717, 1.165) is 33.1 Å². The number of para-hydroxylation sites is 2. The second kappa shape index (κ2) is 6.37. The van der Waals surface area contributed by atoms with Crippen LogP contribution >= 0.6 is 0 Å². The number of hydrogen-bond donors (Lipinski definition) is 3. The molecule has 1 aromatic heterocycles. The van der Waals surface area contributed by atoms with E-state index < -0.39 is 0 Å². The molecule has 0 aliphatic rings. The number of carbonyl (C=O) groups excluding carboxylic acids is 1. The third-order valence-electron chi connectivity index (χ3n) is 4.43. The van der Waals surface area contributed by atoms with Crippen LogP contribution in [0, 0.1) is 6.92 Å². The molecular weight excluding hydrogens is 324 g/mol. The molecule has 0 saturated carbocycles. The van der Waals surface area contributed by atoms with Crippen molar-refractivity contribution in [1.82, 2.24) is 10.4 Å². The Morgan fingerprint density at radius 3 is 2.15 bits per heavy atom. The molecule has 0 atom stereocenters. The van der Waals surface area contributed by atoms with Crippen LogP contribution in [0.4, 0.5) is 11.4 Å². The molecule has 1 amide bonds. The highest BCUT2D eigenvalue weighted by molar-refractivity contribution is 6.08. The van der Waals surface area contributed by atoms with E-state index in [4.69, 9.17) is 5.73 Å². The van der Waals surface area contributed by atoms with Gasteiger partial charge in [-0.3, -0.25) is 15.6 Å². The number of nitrogen functional groups attached to an aromatic ring is 1. The lowest BCUT2D eigenvalue weighted by atomic mass is 10.1. The summed E-state index contributed by atoms with van der Waals surface area (Å²) in [7, 11) is 0. The van der Waals surface area contributed by atoms with E-state index in [0.29, 0.717) is 11.3 Å². The topological polar surface area (TPSA) is 80.0 Å². The average Bonchev–Trinajstić information content (AvgIpc) is 2.67. The monoisotopic (exact) mass is 342 g/mol. The summed E-state index contributed by atoms with van der Waals surface area (Å²) in [6, 6.07) is 20.9. The fourth-order valence-electron chi connectivity index (χ4n) is 2.95. The first-order valence-corrected chi connectivity index (χ1v) is 8.33. The van der Waals surface area contributed by atoms with Crippen LogP contribution in [-0.2, 0) is 0 Å². The highest BCUT2D eigenvalue weighted by Crippen LogP contribution is 2.30. The van der Waals surface area contributed by atoms with Gasteiger partial charge in [-0.1, -0.05) is 42.5 Å². The first-order valence-electron chi connectivity index (χ1n) is 8.33. The lowest BCUT2D eigenvalue weighted by Crippen LogP contribution is -2.29. The van der Waals surface area contributed by atoms with Gasteiger partial charge in [0.05, 0.1) is 16.7 Å². The maximum atomic E-state index is 12.5. The summed E-state index contributed by atoms with van der Waals surface area (Å²) < 4.78 is 0. The van der Waals surface area contributed by atoms with Crippen LogP contribution in [0.1, 0.15) is 15.9 Å². The highest BCUT2D eigenvalue weighted by Gasteiger charge is 2.11. The number of nitrogens with one attached hydrogen (secondary N) is 2. The number of aromatic nitrogens is 1. The Bertz CT molecular complexity index is 1080. The standard InChI is InChI=1S/C21H18N4O/c1-13-10-11-14(12-17(13)22)21(26)25-24-20-15-6-2-4-8-18(15)23-19-9-5-3-7-16(19)20/h2-12H,22H2,1H3,(H,23,24)(H,25,26). The van der Waals surface area contributed by atoms with Gasteiger partial charge in [0.25, 0.3) is 5.91 Å². The molecule has 0 aliphatic heterocycles. The molecule has 128 valence electrons. The third-order valence-corrected chi connectivity index (χ3v) is 4.43. The number of rotatable bonds is 3. The number of benzene rings is 3. The first-order chi connectivity index (χ1) is 12.6. The molecule has 1 heterocycles. The van der Waals surface area contributed by atoms with E-state index in [9.17, 15) is 4.79 Å². The predicted octanol–water partition coefficient (Wildman–Crippen LogP) is 4.04. The Labute approximate surface area is 150 Å². The van der Waals surface area contributed by atoms with Gasteiger partial charge in [-0.25, -0.2) is 4.98 Å². The van der Waals surface area contributed by atoms with E-state index >= 15 is 0 Å². The number of amides is 1. The third kappa shape index (κ3) is 2.80. The van der Waals surface area contributed by atoms with E-state index in [1.165, 1.54) is 0 Å². The van der Waals surface area contributed by atoms with Crippen molar-refractivity contribution in [2.45, 2.75) is 6.92 Å². The number of anilines is 2. The molecule has 0 saturated heterocycles. The van der Waals surface area contributed by atoms with Gasteiger partial charge < -0.3 is 5.73 Å². The normalized spacial score (nSPS) is 10.8. The van der Waals surface area contributed by atoms with Crippen molar-refractivity contribution in [2.24, 2.45) is 0 Å². The van der Waals surface area contributed by atoms with Gasteiger partial charge in [0.1, 0.15) is 0 Å². The number of nitrogens with two attached hydrogens (primary N) is 1. The maximum Gasteiger partial charge on any atom is 0.269 e. The summed E-state index contributed by atoms with van der Waals surface area (Å²) in [5.74, 6) is -0.248. The largest absolute Gasteiger partial charge is 0.398 e. The van der Waals surface area contributed by atoms with Gasteiger partial charge in [-0.2, -0.15) is 0 Å². The Morgan fingerprint density at radius 1 is 0.923 bits per heavy atom. The van der Waals surface area contributed by atoms with E-state index in [2.05, 4.69) is 15.8 Å². The minimum Gasteiger partial charge on any atom is -0.398 e. The Morgan fingerprint density at radius 2 is 1.54 bits per heavy atom. The Kier molecular flexibility index (Phi) is 3.89. The zero-order valence-electron chi connectivity index (χ0n) is 14.3. The molecule has 4 rings (SSSR count). The quantitative estimate of drug-likeness (QED) is 0.298. The van der Waals surface area contributed by atoms with Crippen LogP contribution in [-0.4, -0.2) is 10.9 Å². The molecule has 0 spiro atoms. The summed E-state index contributed by atoms with van der Waals surface area (Å²) in [6.45, 7) is 1.91. The van der Waals surface area contributed by atoms with Crippen molar-refractivity contribution < 1.29 is 4.79 Å². The van der Waals surface area contributed by atoms with Crippen LogP contribution in [0.15, 0.2) is 66.7 Å². The summed E-state index contributed by atoms with van der Waals surface area (Å²) in [5, 5.41) is 1.88. The van der Waals surface area contributed by atoms with Gasteiger partial charge in [-0.05, 0) is 36.8 Å². The molecule has 0 aliphatic carbocycles. The minimum atomic E-state index is -0.248. The second-order valence-corrected chi connectivity index (χ2v) is 6.17. The van der Waals surface area contributed by atoms with E-state index in [-0.39, 0.29) is 5.91 Å². The summed E-state index contributed by atoms with van der Waals surface area (Å²) in [6.07, 6.45) is 0. The zero-order chi connectivity index (χ0) is 18.1. The fraction of sp³-hybridized carbons (Fsp3) is 0.0476. The molecule has 0 unspecified atom stereocenters. The molecule has 3 aromatic carbocycles. The highest BCUT2D eigenvalue weighted by atomic mass is 16.2. The van der Waals surface area contributed by atoms with Crippen LogP contribution in [0.25, 0.3) is 21.8 Å². The lowest BCUT2D eigenvalue weighted by molar-refractivity contribution is 0.0963. The van der Waals surface area contributed by atoms with E-state index in [1.54, 1.807) is 12.1 Å². The molecule has 0 radical (unpaired) electrons. The SMILES string of the molecule is Cc1ccc(C(=O)NNc2c3ccccc3nc3ccccc23)cc1N. The van der Waals surface area contributed by atoms with Gasteiger partial charge >= 0.3 is 0 Å². The maximum absolute atomic E-state index is 12.5. The molecule has 5 nitrogen and oxygen atoms in total. The zero-order valence-corrected chi connectivity index (χ0v) is 14.3. The lowest BCUT2D eigenvalue weighted by Gasteiger charge is -2.14. The Balaban J connectivity index is 1.71. The van der Waals surface area contributed by atoms with Crippen molar-refractivity contribution in [2.75, 3.05) is 11.2 Å². The molecule has 0 fully saturated rings. The molecule has 0 bridgehead atoms. The fourth-order valence-corrected chi connectivity index (χ4v) is 2.95. The van der Waals surface area contributed by atoms with Crippen molar-refractivity contribution in [3.8, 4) is 0 Å². The number of fused-ring (bicyclic) bond motifs is 2. The molecule has 26 heavy (non-hydrogen) atoms. The number of hydrazine groups is 1. The molecular formula is C21H18N4O. The van der Waals surface area contributed by atoms with E-state index in [1.807, 2.05) is 61.5 Å². The molecule has 4 N–H and O–H groups in total. The van der Waals surface area contributed by atoms with Crippen molar-refractivity contribution in [3.63, 3.8) is 0 Å². The van der Waals surface area contributed by atoms with Crippen molar-refractivity contribution >= 4 is 39.1 Å². The summed E-state index contributed by atoms with van der Waals surface area (Å²) in [5.41, 5.74) is 16.4. The number of pyridine rings is 1. The van der Waals surface area contributed by atoms with Gasteiger partial charge in [0.15, 0.2) is 0 Å². The molecule has 5 heteroatoms. The average molecular weight is 342 g/mol. The smallest absolute Gasteiger partial charge is 0.269 e. The number of nitrogens with zero attached hydrogens (tertiary/aromatic N) is 1. The summed E-state index contributed by atoms with van der Waals surface area (Å²) in [4.78, 5) is 17.2. The van der Waals surface area contributed by atoms with Crippen LogP contribution < -0.4 is 16.6 Å². The molecule has 4 aromatic rings. The minimum absolute atomic E-state index is 0.248. The van der Waals surface area contributed by atoms with Gasteiger partial charge in [0.2, 0.25) is 0 Å². The van der Waals surface area contributed by atoms with Gasteiger partial charge in [0, 0.05) is 22.0 Å². The van der Waals surface area contributed by atoms with Crippen LogP contribution in [0.2, 0.25) is 0 Å². The van der Waals surface area contributed by atoms with Crippen molar-refractivity contribution in [1.29, 1.82) is 0 Å². The van der Waals surface area contributed by atoms with Gasteiger partial charge in [-0.15, -0.1) is 0 Å². The van der Waals surface area contributed by atoms with Crippen molar-refractivity contribution in [3.05, 3.63) is 77.9 Å². The van der Waals surface area contributed by atoms with Crippen LogP contribution in [0.5, 0.6) is 0 Å². The second-order valence-electron chi connectivity index (χ2n) is 6.17. The summed E-state index contributed by atoms with van der Waals surface area (Å²) >= 11 is 0. The first kappa shape index (κ1) is 15.9.